The van der Waals surface area contributed by atoms with Crippen molar-refractivity contribution in [2.75, 3.05) is 39.0 Å². The summed E-state index contributed by atoms with van der Waals surface area (Å²) in [6, 6.07) is 8.43. The van der Waals surface area contributed by atoms with E-state index in [1.807, 2.05) is 0 Å². The average molecular weight is 396 g/mol. The Kier molecular flexibility index (Phi) is 6.20. The third kappa shape index (κ3) is 5.75. The SMILES string of the molecule is CS(=O)(=O)NCC(=O)N1CCC[C@](O)(CN2CCc3ccccc3C2)CC1. The number of amides is 1. The lowest BCUT2D eigenvalue weighted by Gasteiger charge is -2.36. The molecule has 2 N–H and O–H groups in total. The molecule has 1 aromatic carbocycles. The van der Waals surface area contributed by atoms with Crippen molar-refractivity contribution >= 4 is 15.9 Å². The lowest BCUT2D eigenvalue weighted by Crippen LogP contribution is -2.46. The summed E-state index contributed by atoms with van der Waals surface area (Å²) < 4.78 is 24.6. The molecule has 1 saturated heterocycles. The Hall–Kier alpha value is -1.48. The van der Waals surface area contributed by atoms with Crippen LogP contribution in [-0.4, -0.2) is 73.8 Å². The molecular formula is C19H29N3O4S. The molecule has 2 aliphatic rings. The van der Waals surface area contributed by atoms with Gasteiger partial charge >= 0.3 is 0 Å². The number of β-amino-alcohol motifs (C(OH)–C–C–N with tert-alkyl or cyclic N) is 1. The van der Waals surface area contributed by atoms with Crippen molar-refractivity contribution in [1.82, 2.24) is 14.5 Å². The molecule has 0 radical (unpaired) electrons. The van der Waals surface area contributed by atoms with Crippen LogP contribution in [0.4, 0.5) is 0 Å². The summed E-state index contributed by atoms with van der Waals surface area (Å²) >= 11 is 0. The van der Waals surface area contributed by atoms with Crippen LogP contribution in [0, 0.1) is 0 Å². The number of carbonyl (C=O) groups excluding carboxylic acids is 1. The van der Waals surface area contributed by atoms with E-state index in [-0.39, 0.29) is 12.5 Å². The third-order valence-corrected chi connectivity index (χ3v) is 6.15. The molecule has 3 rings (SSSR count). The number of nitrogens with zero attached hydrogens (tertiary/aromatic N) is 2. The molecular weight excluding hydrogens is 366 g/mol. The second-order valence-electron chi connectivity index (χ2n) is 7.78. The number of nitrogens with one attached hydrogen (secondary N) is 1. The quantitative estimate of drug-likeness (QED) is 0.750. The maximum Gasteiger partial charge on any atom is 0.237 e. The molecule has 1 fully saturated rings. The summed E-state index contributed by atoms with van der Waals surface area (Å²) in [5, 5.41) is 11.1. The van der Waals surface area contributed by atoms with Gasteiger partial charge < -0.3 is 10.0 Å². The smallest absolute Gasteiger partial charge is 0.237 e. The van der Waals surface area contributed by atoms with Gasteiger partial charge in [-0.1, -0.05) is 24.3 Å². The zero-order chi connectivity index (χ0) is 19.5. The predicted molar refractivity (Wildman–Crippen MR) is 104 cm³/mol. The summed E-state index contributed by atoms with van der Waals surface area (Å²) in [6.07, 6.45) is 3.90. The molecule has 0 bridgehead atoms. The molecule has 27 heavy (non-hydrogen) atoms. The van der Waals surface area contributed by atoms with Crippen molar-refractivity contribution in [2.45, 2.75) is 37.8 Å². The number of rotatable bonds is 5. The van der Waals surface area contributed by atoms with E-state index < -0.39 is 15.6 Å². The number of hydrogen-bond acceptors (Lipinski definition) is 5. The summed E-state index contributed by atoms with van der Waals surface area (Å²) in [5.41, 5.74) is 1.90. The fourth-order valence-electron chi connectivity index (χ4n) is 4.00. The monoisotopic (exact) mass is 395 g/mol. The molecule has 7 nitrogen and oxygen atoms in total. The number of likely N-dealkylation sites (tertiary alicyclic amines) is 1. The zero-order valence-corrected chi connectivity index (χ0v) is 16.7. The molecule has 1 aromatic rings. The highest BCUT2D eigenvalue weighted by Crippen LogP contribution is 2.26. The summed E-state index contributed by atoms with van der Waals surface area (Å²) in [5.74, 6) is -0.239. The van der Waals surface area contributed by atoms with Gasteiger partial charge in [-0.2, -0.15) is 0 Å². The third-order valence-electron chi connectivity index (χ3n) is 5.48. The first-order valence-electron chi connectivity index (χ1n) is 9.48. The van der Waals surface area contributed by atoms with Gasteiger partial charge in [-0.25, -0.2) is 13.1 Å². The standard InChI is InChI=1S/C19H29N3O4S/c1-27(25,26)20-13-18(23)22-10-4-8-19(24,9-12-22)15-21-11-7-16-5-2-3-6-17(16)14-21/h2-3,5-6,20,24H,4,7-15H2,1H3/t19-/m1/s1. The molecule has 150 valence electrons. The number of sulfonamides is 1. The van der Waals surface area contributed by atoms with Crippen LogP contribution in [-0.2, 0) is 27.8 Å². The Bertz CT molecular complexity index is 783. The van der Waals surface area contributed by atoms with Crippen LogP contribution in [0.3, 0.4) is 0 Å². The number of carbonyl (C=O) groups is 1. The van der Waals surface area contributed by atoms with E-state index in [0.29, 0.717) is 38.9 Å². The normalized spacial score (nSPS) is 24.3. The molecule has 0 unspecified atom stereocenters. The van der Waals surface area contributed by atoms with Gasteiger partial charge in [0.2, 0.25) is 15.9 Å². The van der Waals surface area contributed by atoms with Crippen molar-refractivity contribution in [3.05, 3.63) is 35.4 Å². The maximum absolute atomic E-state index is 12.2. The van der Waals surface area contributed by atoms with Crippen LogP contribution in [0.1, 0.15) is 30.4 Å². The Labute approximate surface area is 161 Å². The Morgan fingerprint density at radius 3 is 2.67 bits per heavy atom. The van der Waals surface area contributed by atoms with Crippen molar-refractivity contribution in [2.24, 2.45) is 0 Å². The van der Waals surface area contributed by atoms with Crippen LogP contribution in [0.15, 0.2) is 24.3 Å². The van der Waals surface area contributed by atoms with Gasteiger partial charge in [0.05, 0.1) is 18.4 Å². The molecule has 2 heterocycles. The van der Waals surface area contributed by atoms with E-state index in [1.54, 1.807) is 4.90 Å². The highest BCUT2D eigenvalue weighted by atomic mass is 32.2. The van der Waals surface area contributed by atoms with E-state index in [9.17, 15) is 18.3 Å². The van der Waals surface area contributed by atoms with E-state index in [0.717, 1.165) is 25.8 Å². The number of hydrogen-bond donors (Lipinski definition) is 2. The number of aliphatic hydroxyl groups is 1. The molecule has 0 aliphatic carbocycles. The summed E-state index contributed by atoms with van der Waals surface area (Å²) in [7, 11) is -3.39. The van der Waals surface area contributed by atoms with Gasteiger partial charge in [0.25, 0.3) is 0 Å². The molecule has 1 atom stereocenters. The first kappa shape index (κ1) is 20.3. The van der Waals surface area contributed by atoms with E-state index in [2.05, 4.69) is 33.9 Å². The summed E-state index contributed by atoms with van der Waals surface area (Å²) in [6.45, 7) is 3.16. The van der Waals surface area contributed by atoms with Gasteiger partial charge in [-0.15, -0.1) is 0 Å². The minimum absolute atomic E-state index is 0.222. The van der Waals surface area contributed by atoms with Crippen molar-refractivity contribution in [3.63, 3.8) is 0 Å². The first-order valence-corrected chi connectivity index (χ1v) is 11.4. The van der Waals surface area contributed by atoms with Crippen LogP contribution >= 0.6 is 0 Å². The molecule has 2 aliphatic heterocycles. The molecule has 8 heteroatoms. The van der Waals surface area contributed by atoms with Gasteiger partial charge in [0.15, 0.2) is 0 Å². The van der Waals surface area contributed by atoms with E-state index in [4.69, 9.17) is 0 Å². The number of fused-ring (bicyclic) bond motifs is 1. The highest BCUT2D eigenvalue weighted by Gasteiger charge is 2.34. The molecule has 0 saturated carbocycles. The fraction of sp³-hybridized carbons (Fsp3) is 0.632. The minimum atomic E-state index is -3.39. The fourth-order valence-corrected chi connectivity index (χ4v) is 4.38. The zero-order valence-electron chi connectivity index (χ0n) is 15.9. The van der Waals surface area contributed by atoms with E-state index in [1.165, 1.54) is 11.1 Å². The van der Waals surface area contributed by atoms with E-state index >= 15 is 0 Å². The van der Waals surface area contributed by atoms with Crippen LogP contribution in [0.25, 0.3) is 0 Å². The summed E-state index contributed by atoms with van der Waals surface area (Å²) in [4.78, 5) is 16.2. The Balaban J connectivity index is 1.54. The molecule has 0 aromatic heterocycles. The topological polar surface area (TPSA) is 90.0 Å². The second-order valence-corrected chi connectivity index (χ2v) is 9.61. The minimum Gasteiger partial charge on any atom is -0.388 e. The Morgan fingerprint density at radius 2 is 1.93 bits per heavy atom. The number of benzene rings is 1. The first-order chi connectivity index (χ1) is 12.7. The average Bonchev–Trinajstić information content (AvgIpc) is 2.81. The largest absolute Gasteiger partial charge is 0.388 e. The van der Waals surface area contributed by atoms with Crippen LogP contribution in [0.5, 0.6) is 0 Å². The predicted octanol–water partition coefficient (Wildman–Crippen LogP) is 0.338. The lowest BCUT2D eigenvalue weighted by molar-refractivity contribution is -0.130. The molecule has 1 amide bonds. The van der Waals surface area contributed by atoms with Crippen molar-refractivity contribution in [3.8, 4) is 0 Å². The van der Waals surface area contributed by atoms with Gasteiger partial charge in [0.1, 0.15) is 0 Å². The van der Waals surface area contributed by atoms with Gasteiger partial charge in [0, 0.05) is 32.7 Å². The lowest BCUT2D eigenvalue weighted by atomic mass is 9.92. The van der Waals surface area contributed by atoms with Crippen LogP contribution in [0.2, 0.25) is 0 Å². The van der Waals surface area contributed by atoms with Gasteiger partial charge in [-0.3, -0.25) is 9.69 Å². The second kappa shape index (κ2) is 8.26. The van der Waals surface area contributed by atoms with Crippen molar-refractivity contribution < 1.29 is 18.3 Å². The maximum atomic E-state index is 12.2. The Morgan fingerprint density at radius 1 is 1.19 bits per heavy atom. The van der Waals surface area contributed by atoms with Crippen LogP contribution < -0.4 is 4.72 Å². The highest BCUT2D eigenvalue weighted by molar-refractivity contribution is 7.88. The van der Waals surface area contributed by atoms with Crippen molar-refractivity contribution in [1.29, 1.82) is 0 Å². The molecule has 0 spiro atoms. The van der Waals surface area contributed by atoms with Gasteiger partial charge in [-0.05, 0) is 36.8 Å².